The number of sulfonamides is 1. The van der Waals surface area contributed by atoms with Gasteiger partial charge in [0.05, 0.1) is 29.5 Å². The monoisotopic (exact) mass is 453 g/mol. The van der Waals surface area contributed by atoms with Gasteiger partial charge in [-0.05, 0) is 48.4 Å². The Bertz CT molecular complexity index is 1210. The van der Waals surface area contributed by atoms with E-state index in [4.69, 9.17) is 14.9 Å². The van der Waals surface area contributed by atoms with E-state index in [0.717, 1.165) is 46.9 Å². The van der Waals surface area contributed by atoms with Crippen LogP contribution in [0.3, 0.4) is 0 Å². The summed E-state index contributed by atoms with van der Waals surface area (Å²) in [5.74, 6) is 0.488. The minimum absolute atomic E-state index is 0.0865. The van der Waals surface area contributed by atoms with Gasteiger partial charge in [-0.15, -0.1) is 0 Å². The lowest BCUT2D eigenvalue weighted by molar-refractivity contribution is 0.133. The molecule has 4 rings (SSSR count). The number of anilines is 3. The largest absolute Gasteiger partial charge is 0.375 e. The van der Waals surface area contributed by atoms with Crippen LogP contribution in [0.15, 0.2) is 53.4 Å². The molecule has 168 valence electrons. The topological polar surface area (TPSA) is 110 Å². The van der Waals surface area contributed by atoms with Crippen molar-refractivity contribution in [2.45, 2.75) is 37.9 Å². The number of primary sulfonamides is 1. The van der Waals surface area contributed by atoms with Crippen LogP contribution in [-0.4, -0.2) is 32.0 Å². The molecule has 3 aromatic rings. The van der Waals surface area contributed by atoms with Crippen molar-refractivity contribution in [2.24, 2.45) is 5.14 Å². The van der Waals surface area contributed by atoms with Crippen LogP contribution in [-0.2, 0) is 34.4 Å². The van der Waals surface area contributed by atoms with Gasteiger partial charge in [0.2, 0.25) is 16.0 Å². The fourth-order valence-corrected chi connectivity index (χ4v) is 4.32. The smallest absolute Gasteiger partial charge is 0.238 e. The molecule has 32 heavy (non-hydrogen) atoms. The van der Waals surface area contributed by atoms with Gasteiger partial charge in [-0.2, -0.15) is 0 Å². The van der Waals surface area contributed by atoms with E-state index in [1.807, 2.05) is 18.2 Å². The molecule has 8 nitrogen and oxygen atoms in total. The summed E-state index contributed by atoms with van der Waals surface area (Å²) in [5.41, 5.74) is 5.45. The predicted octanol–water partition coefficient (Wildman–Crippen LogP) is 3.33. The zero-order valence-corrected chi connectivity index (χ0v) is 19.0. The van der Waals surface area contributed by atoms with Crippen molar-refractivity contribution >= 4 is 27.3 Å². The van der Waals surface area contributed by atoms with Crippen LogP contribution in [0.25, 0.3) is 0 Å². The Morgan fingerprint density at radius 1 is 1.12 bits per heavy atom. The summed E-state index contributed by atoms with van der Waals surface area (Å²) >= 11 is 0. The first kappa shape index (κ1) is 22.2. The number of benzene rings is 2. The molecule has 1 aliphatic rings. The first-order valence-corrected chi connectivity index (χ1v) is 12.0. The van der Waals surface area contributed by atoms with Crippen LogP contribution in [0, 0.1) is 0 Å². The van der Waals surface area contributed by atoms with E-state index in [1.54, 1.807) is 12.1 Å². The second-order valence-corrected chi connectivity index (χ2v) is 9.44. The third-order valence-corrected chi connectivity index (χ3v) is 6.30. The van der Waals surface area contributed by atoms with E-state index in [1.165, 1.54) is 6.07 Å². The predicted molar refractivity (Wildman–Crippen MR) is 124 cm³/mol. The molecule has 3 N–H and O–H groups in total. The van der Waals surface area contributed by atoms with Gasteiger partial charge in [-0.1, -0.05) is 19.1 Å². The highest BCUT2D eigenvalue weighted by molar-refractivity contribution is 7.89. The second kappa shape index (κ2) is 9.23. The molecular formula is C23H27N5O3S. The molecule has 0 radical (unpaired) electrons. The molecule has 0 unspecified atom stereocenters. The van der Waals surface area contributed by atoms with Crippen molar-refractivity contribution in [3.8, 4) is 0 Å². The lowest BCUT2D eigenvalue weighted by Crippen LogP contribution is -2.17. The van der Waals surface area contributed by atoms with E-state index < -0.39 is 10.0 Å². The van der Waals surface area contributed by atoms with Crippen molar-refractivity contribution < 1.29 is 13.2 Å². The van der Waals surface area contributed by atoms with E-state index in [9.17, 15) is 8.42 Å². The number of nitrogens with two attached hydrogens (primary N) is 1. The average molecular weight is 454 g/mol. The molecule has 0 saturated carbocycles. The summed E-state index contributed by atoms with van der Waals surface area (Å²) < 4.78 is 29.0. The van der Waals surface area contributed by atoms with E-state index in [0.29, 0.717) is 25.6 Å². The van der Waals surface area contributed by atoms with Crippen LogP contribution < -0.4 is 15.4 Å². The van der Waals surface area contributed by atoms with Crippen LogP contribution in [0.2, 0.25) is 0 Å². The van der Waals surface area contributed by atoms with Gasteiger partial charge >= 0.3 is 0 Å². The molecule has 0 spiro atoms. The standard InChI is InChI=1S/C23H27N5O3S/c1-3-11-28(2)18-9-7-17(8-10-18)25-23-26-21(20-14-31-15-22(20)27-23)13-16-5-4-6-19(12-16)32(24,29)30/h4-10,12H,3,11,13-15H2,1-2H3,(H2,24,29,30)(H,25,26,27). The van der Waals surface area contributed by atoms with Gasteiger partial charge < -0.3 is 15.0 Å². The summed E-state index contributed by atoms with van der Waals surface area (Å²) in [7, 11) is -1.69. The summed E-state index contributed by atoms with van der Waals surface area (Å²) in [4.78, 5) is 11.6. The maximum atomic E-state index is 11.7. The zero-order chi connectivity index (χ0) is 22.7. The number of hydrogen-bond acceptors (Lipinski definition) is 7. The number of ether oxygens (including phenoxy) is 1. The van der Waals surface area contributed by atoms with E-state index in [2.05, 4.69) is 41.3 Å². The Balaban J connectivity index is 1.59. The molecule has 0 aliphatic carbocycles. The third-order valence-electron chi connectivity index (χ3n) is 5.39. The molecule has 0 saturated heterocycles. The lowest BCUT2D eigenvalue weighted by atomic mass is 10.1. The van der Waals surface area contributed by atoms with Gasteiger partial charge in [0.15, 0.2) is 0 Å². The highest BCUT2D eigenvalue weighted by Gasteiger charge is 2.21. The van der Waals surface area contributed by atoms with Crippen molar-refractivity contribution in [3.63, 3.8) is 0 Å². The normalized spacial score (nSPS) is 13.1. The maximum absolute atomic E-state index is 11.7. The SMILES string of the molecule is CCCN(C)c1ccc(Nc2nc3c(c(Cc4cccc(S(N)(=O)=O)c4)n2)COC3)cc1. The number of rotatable bonds is 8. The number of nitrogens with zero attached hydrogens (tertiary/aromatic N) is 3. The summed E-state index contributed by atoms with van der Waals surface area (Å²) in [5, 5.41) is 8.56. The molecule has 0 amide bonds. The number of nitrogens with one attached hydrogen (secondary N) is 1. The summed E-state index contributed by atoms with van der Waals surface area (Å²) in [6.07, 6.45) is 1.54. The second-order valence-electron chi connectivity index (χ2n) is 7.87. The van der Waals surface area contributed by atoms with Gasteiger partial charge in [-0.3, -0.25) is 0 Å². The highest BCUT2D eigenvalue weighted by Crippen LogP contribution is 2.26. The Hall–Kier alpha value is -3.01. The van der Waals surface area contributed by atoms with Gasteiger partial charge in [-0.25, -0.2) is 23.5 Å². The Morgan fingerprint density at radius 2 is 1.91 bits per heavy atom. The fraction of sp³-hybridized carbons (Fsp3) is 0.304. The molecule has 0 bridgehead atoms. The first-order valence-electron chi connectivity index (χ1n) is 10.5. The molecule has 0 fully saturated rings. The Labute approximate surface area is 188 Å². The van der Waals surface area contributed by atoms with E-state index in [-0.39, 0.29) is 4.90 Å². The quantitative estimate of drug-likeness (QED) is 0.538. The van der Waals surface area contributed by atoms with Gasteiger partial charge in [0, 0.05) is 37.0 Å². The Morgan fingerprint density at radius 3 is 2.62 bits per heavy atom. The molecular weight excluding hydrogens is 426 g/mol. The molecule has 9 heteroatoms. The van der Waals surface area contributed by atoms with Crippen molar-refractivity contribution in [2.75, 3.05) is 23.8 Å². The van der Waals surface area contributed by atoms with Gasteiger partial charge in [0.25, 0.3) is 0 Å². The number of hydrogen-bond donors (Lipinski definition) is 2. The number of aromatic nitrogens is 2. The summed E-state index contributed by atoms with van der Waals surface area (Å²) in [6, 6.07) is 14.7. The molecule has 2 heterocycles. The highest BCUT2D eigenvalue weighted by atomic mass is 32.2. The van der Waals surface area contributed by atoms with Crippen LogP contribution in [0.5, 0.6) is 0 Å². The lowest BCUT2D eigenvalue weighted by Gasteiger charge is -2.18. The van der Waals surface area contributed by atoms with Crippen molar-refractivity contribution in [3.05, 3.63) is 71.0 Å². The number of fused-ring (bicyclic) bond motifs is 1. The van der Waals surface area contributed by atoms with Crippen LogP contribution in [0.1, 0.15) is 35.9 Å². The third kappa shape index (κ3) is 5.07. The fourth-order valence-electron chi connectivity index (χ4n) is 3.74. The molecule has 2 aromatic carbocycles. The molecule has 0 atom stereocenters. The van der Waals surface area contributed by atoms with Crippen molar-refractivity contribution in [1.82, 2.24) is 9.97 Å². The Kier molecular flexibility index (Phi) is 6.40. The minimum atomic E-state index is -3.76. The van der Waals surface area contributed by atoms with Crippen LogP contribution in [0.4, 0.5) is 17.3 Å². The van der Waals surface area contributed by atoms with E-state index >= 15 is 0 Å². The molecule has 1 aromatic heterocycles. The first-order chi connectivity index (χ1) is 15.3. The molecule has 1 aliphatic heterocycles. The maximum Gasteiger partial charge on any atom is 0.238 e. The zero-order valence-electron chi connectivity index (χ0n) is 18.2. The summed E-state index contributed by atoms with van der Waals surface area (Å²) in [6.45, 7) is 4.02. The van der Waals surface area contributed by atoms with Crippen LogP contribution >= 0.6 is 0 Å². The minimum Gasteiger partial charge on any atom is -0.375 e. The van der Waals surface area contributed by atoms with Gasteiger partial charge in [0.1, 0.15) is 0 Å². The average Bonchev–Trinajstić information content (AvgIpc) is 3.23. The van der Waals surface area contributed by atoms with Crippen molar-refractivity contribution in [1.29, 1.82) is 0 Å².